The van der Waals surface area contributed by atoms with Gasteiger partial charge in [0.15, 0.2) is 0 Å². The first-order valence-corrected chi connectivity index (χ1v) is 6.21. The van der Waals surface area contributed by atoms with Crippen molar-refractivity contribution in [2.24, 2.45) is 0 Å². The summed E-state index contributed by atoms with van der Waals surface area (Å²) >= 11 is 0. The number of esters is 1. The van der Waals surface area contributed by atoms with Gasteiger partial charge in [0.05, 0.1) is 12.6 Å². The Labute approximate surface area is 113 Å². The van der Waals surface area contributed by atoms with E-state index in [1.54, 1.807) is 12.1 Å². The van der Waals surface area contributed by atoms with Crippen LogP contribution in [0.25, 0.3) is 6.08 Å². The zero-order chi connectivity index (χ0) is 14.4. The molecule has 0 amide bonds. The lowest BCUT2D eigenvalue weighted by atomic mass is 10.1. The SMILES string of the molecule is C=Cc1cc(F)ccc1CN(C)CC(=O)OC(C)C. The van der Waals surface area contributed by atoms with Crippen molar-refractivity contribution in [3.05, 3.63) is 41.7 Å². The minimum Gasteiger partial charge on any atom is -0.462 e. The van der Waals surface area contributed by atoms with E-state index in [1.807, 2.05) is 25.8 Å². The van der Waals surface area contributed by atoms with Gasteiger partial charge in [0.2, 0.25) is 0 Å². The fourth-order valence-corrected chi connectivity index (χ4v) is 1.77. The summed E-state index contributed by atoms with van der Waals surface area (Å²) in [6, 6.07) is 4.54. The maximum absolute atomic E-state index is 13.1. The van der Waals surface area contributed by atoms with E-state index < -0.39 is 0 Å². The lowest BCUT2D eigenvalue weighted by molar-refractivity contribution is -0.148. The molecule has 1 rings (SSSR count). The largest absolute Gasteiger partial charge is 0.462 e. The van der Waals surface area contributed by atoms with E-state index in [-0.39, 0.29) is 24.4 Å². The van der Waals surface area contributed by atoms with Gasteiger partial charge >= 0.3 is 5.97 Å². The number of halogens is 1. The van der Waals surface area contributed by atoms with E-state index >= 15 is 0 Å². The first kappa shape index (κ1) is 15.4. The fraction of sp³-hybridized carbons (Fsp3) is 0.400. The minimum atomic E-state index is -0.291. The second kappa shape index (κ2) is 7.04. The van der Waals surface area contributed by atoms with Gasteiger partial charge in [-0.15, -0.1) is 0 Å². The van der Waals surface area contributed by atoms with Crippen LogP contribution >= 0.6 is 0 Å². The van der Waals surface area contributed by atoms with Crippen LogP contribution in [0, 0.1) is 5.82 Å². The molecule has 0 unspecified atom stereocenters. The topological polar surface area (TPSA) is 29.5 Å². The van der Waals surface area contributed by atoms with Crippen LogP contribution in [0.2, 0.25) is 0 Å². The Morgan fingerprint density at radius 2 is 2.21 bits per heavy atom. The summed E-state index contributed by atoms with van der Waals surface area (Å²) in [4.78, 5) is 13.3. The molecule has 0 fully saturated rings. The third-order valence-corrected chi connectivity index (χ3v) is 2.53. The summed E-state index contributed by atoms with van der Waals surface area (Å²) in [5, 5.41) is 0. The number of rotatable bonds is 6. The minimum absolute atomic E-state index is 0.115. The molecule has 0 N–H and O–H groups in total. The normalized spacial score (nSPS) is 10.8. The molecule has 0 spiro atoms. The molecule has 3 nitrogen and oxygen atoms in total. The molecule has 0 aliphatic carbocycles. The molecule has 19 heavy (non-hydrogen) atoms. The van der Waals surface area contributed by atoms with Gasteiger partial charge in [-0.3, -0.25) is 9.69 Å². The third kappa shape index (κ3) is 5.22. The van der Waals surface area contributed by atoms with Crippen molar-refractivity contribution in [1.82, 2.24) is 4.90 Å². The average Bonchev–Trinajstić information content (AvgIpc) is 2.30. The number of benzene rings is 1. The Bertz CT molecular complexity index is 457. The van der Waals surface area contributed by atoms with Crippen molar-refractivity contribution in [2.75, 3.05) is 13.6 Å². The Kier molecular flexibility index (Phi) is 5.70. The van der Waals surface area contributed by atoms with Gasteiger partial charge < -0.3 is 4.74 Å². The molecule has 1 aromatic carbocycles. The molecule has 0 aliphatic rings. The molecule has 0 saturated carbocycles. The first-order chi connectivity index (χ1) is 8.92. The van der Waals surface area contributed by atoms with Gasteiger partial charge in [-0.05, 0) is 44.2 Å². The summed E-state index contributed by atoms with van der Waals surface area (Å²) < 4.78 is 18.2. The quantitative estimate of drug-likeness (QED) is 0.741. The van der Waals surface area contributed by atoms with Gasteiger partial charge in [-0.25, -0.2) is 4.39 Å². The number of likely N-dealkylation sites (N-methyl/N-ethyl adjacent to an activating group) is 1. The molecule has 0 heterocycles. The smallest absolute Gasteiger partial charge is 0.320 e. The maximum Gasteiger partial charge on any atom is 0.320 e. The van der Waals surface area contributed by atoms with Crippen molar-refractivity contribution in [3.63, 3.8) is 0 Å². The zero-order valence-corrected chi connectivity index (χ0v) is 11.6. The van der Waals surface area contributed by atoms with Gasteiger partial charge in [0, 0.05) is 6.54 Å². The highest BCUT2D eigenvalue weighted by Crippen LogP contribution is 2.14. The molecular weight excluding hydrogens is 245 g/mol. The number of ether oxygens (including phenoxy) is 1. The molecule has 0 aromatic heterocycles. The lowest BCUT2D eigenvalue weighted by Crippen LogP contribution is -2.28. The summed E-state index contributed by atoms with van der Waals surface area (Å²) in [6.45, 7) is 8.03. The van der Waals surface area contributed by atoms with Crippen LogP contribution in [-0.4, -0.2) is 30.6 Å². The third-order valence-electron chi connectivity index (χ3n) is 2.53. The van der Waals surface area contributed by atoms with Crippen LogP contribution < -0.4 is 0 Å². The van der Waals surface area contributed by atoms with Crippen LogP contribution in [0.4, 0.5) is 4.39 Å². The number of carbonyl (C=O) groups excluding carboxylic acids is 1. The molecule has 0 atom stereocenters. The Hall–Kier alpha value is -1.68. The van der Waals surface area contributed by atoms with Crippen LogP contribution in [0.5, 0.6) is 0 Å². The van der Waals surface area contributed by atoms with E-state index in [2.05, 4.69) is 6.58 Å². The van der Waals surface area contributed by atoms with Crippen molar-refractivity contribution in [2.45, 2.75) is 26.5 Å². The standard InChI is InChI=1S/C15H20FNO2/c1-5-12-8-14(16)7-6-13(12)9-17(4)10-15(18)19-11(2)3/h5-8,11H,1,9-10H2,2-4H3. The second-order valence-electron chi connectivity index (χ2n) is 4.76. The van der Waals surface area contributed by atoms with Gasteiger partial charge in [0.25, 0.3) is 0 Å². The molecule has 104 valence electrons. The molecule has 0 aliphatic heterocycles. The van der Waals surface area contributed by atoms with Crippen molar-refractivity contribution in [1.29, 1.82) is 0 Å². The van der Waals surface area contributed by atoms with Crippen LogP contribution in [0.3, 0.4) is 0 Å². The predicted octanol–water partition coefficient (Wildman–Crippen LogP) is 2.85. The van der Waals surface area contributed by atoms with Crippen molar-refractivity contribution < 1.29 is 13.9 Å². The highest BCUT2D eigenvalue weighted by Gasteiger charge is 2.11. The van der Waals surface area contributed by atoms with Crippen molar-refractivity contribution in [3.8, 4) is 0 Å². The molecule has 4 heteroatoms. The van der Waals surface area contributed by atoms with E-state index in [9.17, 15) is 9.18 Å². The van der Waals surface area contributed by atoms with Crippen LogP contribution in [-0.2, 0) is 16.1 Å². The summed E-state index contributed by atoms with van der Waals surface area (Å²) in [7, 11) is 1.82. The van der Waals surface area contributed by atoms with Crippen molar-refractivity contribution >= 4 is 12.0 Å². The Morgan fingerprint density at radius 3 is 2.79 bits per heavy atom. The van der Waals surface area contributed by atoms with E-state index in [0.29, 0.717) is 6.54 Å². The number of carbonyl (C=O) groups is 1. The number of hydrogen-bond donors (Lipinski definition) is 0. The van der Waals surface area contributed by atoms with Gasteiger partial charge in [-0.1, -0.05) is 18.7 Å². The summed E-state index contributed by atoms with van der Waals surface area (Å²) in [5.74, 6) is -0.555. The lowest BCUT2D eigenvalue weighted by Gasteiger charge is -2.18. The zero-order valence-electron chi connectivity index (χ0n) is 11.6. The highest BCUT2D eigenvalue weighted by atomic mass is 19.1. The van der Waals surface area contributed by atoms with E-state index in [4.69, 9.17) is 4.74 Å². The average molecular weight is 265 g/mol. The van der Waals surface area contributed by atoms with E-state index in [1.165, 1.54) is 12.1 Å². The van der Waals surface area contributed by atoms with Gasteiger partial charge in [0.1, 0.15) is 5.82 Å². The Morgan fingerprint density at radius 1 is 1.53 bits per heavy atom. The molecule has 0 radical (unpaired) electrons. The van der Waals surface area contributed by atoms with Gasteiger partial charge in [-0.2, -0.15) is 0 Å². The fourth-order valence-electron chi connectivity index (χ4n) is 1.77. The number of hydrogen-bond acceptors (Lipinski definition) is 3. The van der Waals surface area contributed by atoms with Crippen LogP contribution in [0.1, 0.15) is 25.0 Å². The summed E-state index contributed by atoms with van der Waals surface area (Å²) in [5.41, 5.74) is 1.67. The Balaban J connectivity index is 2.64. The molecular formula is C15H20FNO2. The molecule has 1 aromatic rings. The summed E-state index contributed by atoms with van der Waals surface area (Å²) in [6.07, 6.45) is 1.49. The first-order valence-electron chi connectivity index (χ1n) is 6.21. The monoisotopic (exact) mass is 265 g/mol. The molecule has 0 bridgehead atoms. The second-order valence-corrected chi connectivity index (χ2v) is 4.76. The maximum atomic E-state index is 13.1. The number of nitrogens with zero attached hydrogens (tertiary/aromatic N) is 1. The van der Waals surface area contributed by atoms with E-state index in [0.717, 1.165) is 11.1 Å². The van der Waals surface area contributed by atoms with Crippen LogP contribution in [0.15, 0.2) is 24.8 Å². The predicted molar refractivity (Wildman–Crippen MR) is 74.1 cm³/mol. The molecule has 0 saturated heterocycles. The highest BCUT2D eigenvalue weighted by molar-refractivity contribution is 5.71.